The van der Waals surface area contributed by atoms with Gasteiger partial charge in [0, 0.05) is 44.2 Å². The van der Waals surface area contributed by atoms with Crippen molar-refractivity contribution in [2.75, 3.05) is 6.61 Å². The SMILES string of the molecule is CCO[C@@H](C)Cn1c(C2CCC(F)(F)CC2)nc2ccc(-c3cc(C)c(=O)n(C)c3)cc21.S. The average Bonchev–Trinajstić information content (AvgIpc) is 3.09. The lowest BCUT2D eigenvalue weighted by molar-refractivity contribution is -0.0391. The van der Waals surface area contributed by atoms with Crippen molar-refractivity contribution in [3.8, 4) is 11.1 Å². The Hall–Kier alpha value is -2.19. The molecule has 2 aromatic heterocycles. The predicted molar refractivity (Wildman–Crippen MR) is 133 cm³/mol. The van der Waals surface area contributed by atoms with Crippen LogP contribution in [0.15, 0.2) is 35.3 Å². The molecule has 0 spiro atoms. The van der Waals surface area contributed by atoms with Gasteiger partial charge in [-0.3, -0.25) is 4.79 Å². The lowest BCUT2D eigenvalue weighted by atomic mass is 9.86. The van der Waals surface area contributed by atoms with Crippen molar-refractivity contribution in [1.29, 1.82) is 0 Å². The summed E-state index contributed by atoms with van der Waals surface area (Å²) in [6, 6.07) is 7.97. The zero-order valence-corrected chi connectivity index (χ0v) is 20.7. The molecule has 1 aliphatic rings. The molecule has 33 heavy (non-hydrogen) atoms. The van der Waals surface area contributed by atoms with Crippen LogP contribution in [0.3, 0.4) is 0 Å². The van der Waals surface area contributed by atoms with Gasteiger partial charge in [0.1, 0.15) is 5.82 Å². The van der Waals surface area contributed by atoms with Crippen LogP contribution in [0.25, 0.3) is 22.2 Å². The van der Waals surface area contributed by atoms with Crippen molar-refractivity contribution in [2.45, 2.75) is 70.9 Å². The predicted octanol–water partition coefficient (Wildman–Crippen LogP) is 5.54. The Bertz CT molecular complexity index is 1150. The Morgan fingerprint density at radius 3 is 2.55 bits per heavy atom. The number of aromatic nitrogens is 3. The van der Waals surface area contributed by atoms with Gasteiger partial charge in [-0.2, -0.15) is 13.5 Å². The van der Waals surface area contributed by atoms with Crippen LogP contribution in [0.5, 0.6) is 0 Å². The summed E-state index contributed by atoms with van der Waals surface area (Å²) < 4.78 is 37.1. The van der Waals surface area contributed by atoms with Crippen molar-refractivity contribution in [3.05, 3.63) is 52.2 Å². The number of benzene rings is 1. The minimum Gasteiger partial charge on any atom is -0.377 e. The molecule has 0 unspecified atom stereocenters. The van der Waals surface area contributed by atoms with E-state index in [0.29, 0.717) is 31.6 Å². The molecule has 1 saturated carbocycles. The quantitative estimate of drug-likeness (QED) is 0.468. The van der Waals surface area contributed by atoms with Crippen LogP contribution in [0.1, 0.15) is 56.8 Å². The highest BCUT2D eigenvalue weighted by Crippen LogP contribution is 2.41. The largest absolute Gasteiger partial charge is 0.377 e. The first kappa shape index (κ1) is 25.4. The number of alkyl halides is 2. The summed E-state index contributed by atoms with van der Waals surface area (Å²) in [5.74, 6) is -1.69. The van der Waals surface area contributed by atoms with E-state index in [2.05, 4.69) is 10.6 Å². The van der Waals surface area contributed by atoms with Gasteiger partial charge in [0.05, 0.1) is 23.7 Å². The number of fused-ring (bicyclic) bond motifs is 1. The summed E-state index contributed by atoms with van der Waals surface area (Å²) in [4.78, 5) is 17.0. The molecule has 1 aliphatic carbocycles. The highest BCUT2D eigenvalue weighted by atomic mass is 32.1. The molecule has 1 fully saturated rings. The topological polar surface area (TPSA) is 49.1 Å². The zero-order chi connectivity index (χ0) is 23.0. The normalized spacial score (nSPS) is 17.2. The van der Waals surface area contributed by atoms with Crippen LogP contribution in [-0.2, 0) is 18.3 Å². The average molecular weight is 478 g/mol. The molecule has 3 aromatic rings. The first-order valence-electron chi connectivity index (χ1n) is 11.4. The second kappa shape index (κ2) is 9.97. The van der Waals surface area contributed by atoms with Gasteiger partial charge >= 0.3 is 0 Å². The second-order valence-electron chi connectivity index (χ2n) is 9.01. The number of hydrogen-bond acceptors (Lipinski definition) is 3. The fourth-order valence-electron chi connectivity index (χ4n) is 4.75. The lowest BCUT2D eigenvalue weighted by Crippen LogP contribution is -2.26. The number of hydrogen-bond donors (Lipinski definition) is 0. The van der Waals surface area contributed by atoms with E-state index in [-0.39, 0.29) is 43.9 Å². The Labute approximate surface area is 200 Å². The minimum atomic E-state index is -2.57. The molecule has 0 saturated heterocycles. The third-order valence-corrected chi connectivity index (χ3v) is 6.45. The van der Waals surface area contributed by atoms with Crippen molar-refractivity contribution >= 4 is 24.5 Å². The lowest BCUT2D eigenvalue weighted by Gasteiger charge is -2.28. The van der Waals surface area contributed by atoms with E-state index in [1.165, 1.54) is 0 Å². The van der Waals surface area contributed by atoms with E-state index >= 15 is 0 Å². The van der Waals surface area contributed by atoms with Gasteiger partial charge in [-0.15, -0.1) is 0 Å². The van der Waals surface area contributed by atoms with Crippen molar-refractivity contribution in [2.24, 2.45) is 7.05 Å². The molecule has 8 heteroatoms. The fourth-order valence-corrected chi connectivity index (χ4v) is 4.75. The third kappa shape index (κ3) is 5.32. The van der Waals surface area contributed by atoms with E-state index in [0.717, 1.165) is 28.0 Å². The number of nitrogens with zero attached hydrogens (tertiary/aromatic N) is 3. The first-order chi connectivity index (χ1) is 15.2. The van der Waals surface area contributed by atoms with Crippen LogP contribution in [-0.4, -0.2) is 32.8 Å². The van der Waals surface area contributed by atoms with Gasteiger partial charge in [0.2, 0.25) is 5.92 Å². The third-order valence-electron chi connectivity index (χ3n) is 6.45. The molecule has 0 radical (unpaired) electrons. The standard InChI is InChI=1S/C25H31F2N3O2.H2S/c1-5-32-17(3)14-30-22-13-19(20-12-16(2)24(31)29(4)15-20)6-7-21(22)28-23(30)18-8-10-25(26,27)11-9-18;/h6-7,12-13,15,17-18H,5,8-11,14H2,1-4H3;1H2/t17-;/m0./s1. The molecular weight excluding hydrogens is 444 g/mol. The molecule has 2 heterocycles. The highest BCUT2D eigenvalue weighted by molar-refractivity contribution is 7.59. The Balaban J connectivity index is 0.00000306. The minimum absolute atomic E-state index is 0. The highest BCUT2D eigenvalue weighted by Gasteiger charge is 2.37. The maximum Gasteiger partial charge on any atom is 0.253 e. The molecule has 4 rings (SSSR count). The van der Waals surface area contributed by atoms with Crippen LogP contribution < -0.4 is 5.56 Å². The van der Waals surface area contributed by atoms with Crippen LogP contribution >= 0.6 is 13.5 Å². The van der Waals surface area contributed by atoms with Gasteiger partial charge in [0.25, 0.3) is 5.56 Å². The monoisotopic (exact) mass is 477 g/mol. The molecule has 1 aromatic carbocycles. The maximum absolute atomic E-state index is 13.8. The summed E-state index contributed by atoms with van der Waals surface area (Å²) in [6.07, 6.45) is 2.50. The number of rotatable bonds is 6. The molecule has 0 N–H and O–H groups in total. The van der Waals surface area contributed by atoms with E-state index in [4.69, 9.17) is 9.72 Å². The van der Waals surface area contributed by atoms with Crippen molar-refractivity contribution in [3.63, 3.8) is 0 Å². The molecular formula is C25H33F2N3O2S. The van der Waals surface area contributed by atoms with Crippen molar-refractivity contribution in [1.82, 2.24) is 14.1 Å². The van der Waals surface area contributed by atoms with Crippen LogP contribution in [0.2, 0.25) is 0 Å². The summed E-state index contributed by atoms with van der Waals surface area (Å²) in [7, 11) is 1.75. The fraction of sp³-hybridized carbons (Fsp3) is 0.520. The van der Waals surface area contributed by atoms with Crippen molar-refractivity contribution < 1.29 is 13.5 Å². The molecule has 0 aliphatic heterocycles. The number of pyridine rings is 1. The van der Waals surface area contributed by atoms with Gasteiger partial charge < -0.3 is 13.9 Å². The van der Waals surface area contributed by atoms with E-state index in [1.807, 2.05) is 45.2 Å². The van der Waals surface area contributed by atoms with Crippen LogP contribution in [0, 0.1) is 6.92 Å². The number of halogens is 2. The summed E-state index contributed by atoms with van der Waals surface area (Å²) in [5.41, 5.74) is 4.44. The second-order valence-corrected chi connectivity index (χ2v) is 9.01. The van der Waals surface area contributed by atoms with Gasteiger partial charge in [-0.1, -0.05) is 6.07 Å². The summed E-state index contributed by atoms with van der Waals surface area (Å²) in [5, 5.41) is 0. The Morgan fingerprint density at radius 1 is 1.21 bits per heavy atom. The number of aryl methyl sites for hydroxylation is 2. The first-order valence-corrected chi connectivity index (χ1v) is 11.4. The summed E-state index contributed by atoms with van der Waals surface area (Å²) >= 11 is 0. The maximum atomic E-state index is 13.8. The number of imidazole rings is 1. The molecule has 180 valence electrons. The Morgan fingerprint density at radius 2 is 1.91 bits per heavy atom. The molecule has 0 amide bonds. The zero-order valence-electron chi connectivity index (χ0n) is 19.7. The molecule has 0 bridgehead atoms. The van der Waals surface area contributed by atoms with Gasteiger partial charge in [0.15, 0.2) is 0 Å². The van der Waals surface area contributed by atoms with Gasteiger partial charge in [-0.05, 0) is 62.9 Å². The summed E-state index contributed by atoms with van der Waals surface area (Å²) in [6.45, 7) is 7.03. The Kier molecular flexibility index (Phi) is 7.69. The van der Waals surface area contributed by atoms with E-state index in [9.17, 15) is 13.6 Å². The smallest absolute Gasteiger partial charge is 0.253 e. The number of ether oxygens (including phenoxy) is 1. The molecule has 1 atom stereocenters. The van der Waals surface area contributed by atoms with Crippen LogP contribution in [0.4, 0.5) is 8.78 Å². The molecule has 5 nitrogen and oxygen atoms in total. The van der Waals surface area contributed by atoms with Gasteiger partial charge in [-0.25, -0.2) is 13.8 Å². The van der Waals surface area contributed by atoms with E-state index < -0.39 is 5.92 Å². The van der Waals surface area contributed by atoms with E-state index in [1.54, 1.807) is 11.6 Å².